The number of aryl methyl sites for hydroxylation is 3. The predicted octanol–water partition coefficient (Wildman–Crippen LogP) is 4.34. The lowest BCUT2D eigenvalue weighted by Gasteiger charge is -2.17. The zero-order valence-electron chi connectivity index (χ0n) is 18.8. The van der Waals surface area contributed by atoms with Gasteiger partial charge in [-0.1, -0.05) is 36.9 Å². The number of thiophene rings is 1. The van der Waals surface area contributed by atoms with Crippen LogP contribution in [0.3, 0.4) is 0 Å². The minimum Gasteiger partial charge on any atom is -0.310 e. The van der Waals surface area contributed by atoms with Gasteiger partial charge in [-0.05, 0) is 49.8 Å². The summed E-state index contributed by atoms with van der Waals surface area (Å²) in [5.74, 6) is 1.23. The molecule has 1 amide bonds. The third-order valence-electron chi connectivity index (χ3n) is 5.91. The van der Waals surface area contributed by atoms with Gasteiger partial charge in [-0.3, -0.25) is 18.8 Å². The molecular formula is C24H25N5O2S2. The summed E-state index contributed by atoms with van der Waals surface area (Å²) in [7, 11) is 1.79. The average molecular weight is 480 g/mol. The second kappa shape index (κ2) is 8.79. The van der Waals surface area contributed by atoms with Crippen molar-refractivity contribution >= 4 is 45.0 Å². The number of carbonyl (C=O) groups excluding carboxylic acids is 1. The molecule has 3 heterocycles. The Kier molecular flexibility index (Phi) is 5.84. The van der Waals surface area contributed by atoms with E-state index in [2.05, 4.69) is 17.3 Å². The van der Waals surface area contributed by atoms with Gasteiger partial charge in [0.25, 0.3) is 5.56 Å². The Balaban J connectivity index is 1.52. The molecule has 4 aromatic rings. The largest absolute Gasteiger partial charge is 0.310 e. The molecule has 1 aromatic carbocycles. The van der Waals surface area contributed by atoms with E-state index in [1.165, 1.54) is 16.6 Å². The summed E-state index contributed by atoms with van der Waals surface area (Å²) in [5, 5.41) is 8.41. The summed E-state index contributed by atoms with van der Waals surface area (Å²) in [5.41, 5.74) is 2.70. The van der Waals surface area contributed by atoms with Crippen molar-refractivity contribution in [3.05, 3.63) is 62.9 Å². The van der Waals surface area contributed by atoms with Crippen LogP contribution in [0.1, 0.15) is 29.5 Å². The monoisotopic (exact) mass is 479 g/mol. The number of fused-ring (bicyclic) bond motifs is 3. The minimum atomic E-state index is -0.170. The lowest BCUT2D eigenvalue weighted by molar-refractivity contribution is -0.113. The van der Waals surface area contributed by atoms with E-state index in [0.29, 0.717) is 16.9 Å². The van der Waals surface area contributed by atoms with E-state index in [-0.39, 0.29) is 17.2 Å². The van der Waals surface area contributed by atoms with Crippen molar-refractivity contribution in [1.29, 1.82) is 0 Å². The number of hydrogen-bond donors (Lipinski definition) is 1. The van der Waals surface area contributed by atoms with Gasteiger partial charge in [0.05, 0.1) is 22.5 Å². The van der Waals surface area contributed by atoms with Crippen LogP contribution in [0, 0.1) is 12.8 Å². The highest BCUT2D eigenvalue weighted by Gasteiger charge is 2.25. The molecule has 3 aromatic heterocycles. The van der Waals surface area contributed by atoms with Gasteiger partial charge in [-0.2, -0.15) is 5.10 Å². The third kappa shape index (κ3) is 4.22. The fourth-order valence-electron chi connectivity index (χ4n) is 4.31. The molecule has 0 aliphatic heterocycles. The lowest BCUT2D eigenvalue weighted by Crippen LogP contribution is -2.23. The molecule has 0 bridgehead atoms. The third-order valence-corrected chi connectivity index (χ3v) is 8.00. The van der Waals surface area contributed by atoms with Crippen LogP contribution in [0.15, 0.2) is 46.3 Å². The fraction of sp³-hybridized carbons (Fsp3) is 0.333. The molecule has 0 fully saturated rings. The van der Waals surface area contributed by atoms with E-state index in [4.69, 9.17) is 4.98 Å². The molecule has 0 spiro atoms. The Morgan fingerprint density at radius 3 is 2.82 bits per heavy atom. The quantitative estimate of drug-likeness (QED) is 0.340. The molecule has 33 heavy (non-hydrogen) atoms. The van der Waals surface area contributed by atoms with Crippen molar-refractivity contribution in [3.63, 3.8) is 0 Å². The number of aromatic nitrogens is 4. The number of hydrogen-bond acceptors (Lipinski definition) is 6. The van der Waals surface area contributed by atoms with E-state index < -0.39 is 0 Å². The highest BCUT2D eigenvalue weighted by Crippen LogP contribution is 2.37. The van der Waals surface area contributed by atoms with Crippen molar-refractivity contribution in [3.8, 4) is 5.69 Å². The van der Waals surface area contributed by atoms with Gasteiger partial charge in [0.1, 0.15) is 10.6 Å². The van der Waals surface area contributed by atoms with Crippen LogP contribution >= 0.6 is 23.1 Å². The summed E-state index contributed by atoms with van der Waals surface area (Å²) in [4.78, 5) is 33.3. The molecule has 1 N–H and O–H groups in total. The van der Waals surface area contributed by atoms with Crippen LogP contribution in [0.4, 0.5) is 5.82 Å². The van der Waals surface area contributed by atoms with Gasteiger partial charge < -0.3 is 5.32 Å². The van der Waals surface area contributed by atoms with Crippen molar-refractivity contribution in [2.75, 3.05) is 11.1 Å². The molecule has 7 nitrogen and oxygen atoms in total. The molecule has 9 heteroatoms. The standard InChI is InChI=1S/C24H25N5O2S2/c1-14-9-10-17-18(11-14)33-22-21(17)23(31)29(16-7-5-4-6-8-16)24(26-22)32-13-20(30)25-19-12-15(2)27-28(19)3/h4-8,12,14H,9-11,13H2,1-3H3,(H,25,30). The van der Waals surface area contributed by atoms with Gasteiger partial charge in [0, 0.05) is 18.0 Å². The lowest BCUT2D eigenvalue weighted by atomic mass is 9.89. The molecule has 5 rings (SSSR count). The average Bonchev–Trinajstić information content (AvgIpc) is 3.30. The normalized spacial score (nSPS) is 15.5. The van der Waals surface area contributed by atoms with Gasteiger partial charge >= 0.3 is 0 Å². The number of carbonyl (C=O) groups is 1. The molecule has 1 unspecified atom stereocenters. The molecule has 0 saturated carbocycles. The summed E-state index contributed by atoms with van der Waals surface area (Å²) >= 11 is 2.90. The zero-order chi connectivity index (χ0) is 23.1. The first-order chi connectivity index (χ1) is 15.9. The Morgan fingerprint density at radius 2 is 2.09 bits per heavy atom. The number of para-hydroxylation sites is 1. The molecule has 1 aliphatic carbocycles. The molecular weight excluding hydrogens is 454 g/mol. The van der Waals surface area contributed by atoms with E-state index in [0.717, 1.165) is 46.4 Å². The number of amides is 1. The first kappa shape index (κ1) is 21.9. The number of thioether (sulfide) groups is 1. The summed E-state index contributed by atoms with van der Waals surface area (Å²) in [6.45, 7) is 4.14. The maximum Gasteiger partial charge on any atom is 0.267 e. The van der Waals surface area contributed by atoms with Crippen molar-refractivity contribution in [2.45, 2.75) is 38.3 Å². The molecule has 1 aliphatic rings. The number of anilines is 1. The Bertz CT molecular complexity index is 1400. The van der Waals surface area contributed by atoms with Crippen molar-refractivity contribution in [1.82, 2.24) is 19.3 Å². The maximum atomic E-state index is 13.8. The summed E-state index contributed by atoms with van der Waals surface area (Å²) in [6, 6.07) is 11.4. The maximum absolute atomic E-state index is 13.8. The van der Waals surface area contributed by atoms with Crippen LogP contribution in [-0.2, 0) is 24.7 Å². The molecule has 0 saturated heterocycles. The smallest absolute Gasteiger partial charge is 0.267 e. The number of rotatable bonds is 5. The van der Waals surface area contributed by atoms with E-state index in [9.17, 15) is 9.59 Å². The topological polar surface area (TPSA) is 81.8 Å². The first-order valence-electron chi connectivity index (χ1n) is 11.0. The van der Waals surface area contributed by atoms with Crippen LogP contribution < -0.4 is 10.9 Å². The van der Waals surface area contributed by atoms with E-state index in [1.54, 1.807) is 27.6 Å². The van der Waals surface area contributed by atoms with Crippen molar-refractivity contribution in [2.24, 2.45) is 13.0 Å². The Morgan fingerprint density at radius 1 is 1.30 bits per heavy atom. The predicted molar refractivity (Wildman–Crippen MR) is 134 cm³/mol. The Hall–Kier alpha value is -2.91. The summed E-state index contributed by atoms with van der Waals surface area (Å²) < 4.78 is 3.29. The SMILES string of the molecule is Cc1cc(NC(=O)CSc2nc3sc4c(c3c(=O)n2-c2ccccc2)CCC(C)C4)n(C)n1. The van der Waals surface area contributed by atoms with E-state index in [1.807, 2.05) is 43.3 Å². The van der Waals surface area contributed by atoms with Crippen LogP contribution in [-0.4, -0.2) is 31.0 Å². The second-order valence-electron chi connectivity index (χ2n) is 8.53. The molecule has 170 valence electrons. The fourth-order valence-corrected chi connectivity index (χ4v) is 6.55. The molecule has 0 radical (unpaired) electrons. The van der Waals surface area contributed by atoms with Crippen LogP contribution in [0.2, 0.25) is 0 Å². The van der Waals surface area contributed by atoms with Gasteiger partial charge in [-0.25, -0.2) is 4.98 Å². The minimum absolute atomic E-state index is 0.0524. The van der Waals surface area contributed by atoms with Crippen molar-refractivity contribution < 1.29 is 4.79 Å². The number of nitrogens with zero attached hydrogens (tertiary/aromatic N) is 4. The van der Waals surface area contributed by atoms with Crippen LogP contribution in [0.5, 0.6) is 0 Å². The van der Waals surface area contributed by atoms with Gasteiger partial charge in [-0.15, -0.1) is 11.3 Å². The first-order valence-corrected chi connectivity index (χ1v) is 12.8. The Labute approximate surface area is 199 Å². The van der Waals surface area contributed by atoms with Crippen LogP contribution in [0.25, 0.3) is 15.9 Å². The highest BCUT2D eigenvalue weighted by molar-refractivity contribution is 7.99. The van der Waals surface area contributed by atoms with Gasteiger partial charge in [0.2, 0.25) is 5.91 Å². The zero-order valence-corrected chi connectivity index (χ0v) is 20.4. The molecule has 1 atom stereocenters. The highest BCUT2D eigenvalue weighted by atomic mass is 32.2. The van der Waals surface area contributed by atoms with E-state index >= 15 is 0 Å². The number of benzene rings is 1. The van der Waals surface area contributed by atoms with Gasteiger partial charge in [0.15, 0.2) is 5.16 Å². The summed E-state index contributed by atoms with van der Waals surface area (Å²) in [6.07, 6.45) is 3.01. The number of nitrogens with one attached hydrogen (secondary N) is 1. The second-order valence-corrected chi connectivity index (χ2v) is 10.6.